The molecule has 0 amide bonds. The Morgan fingerprint density at radius 1 is 1.20 bits per heavy atom. The van der Waals surface area contributed by atoms with Crippen molar-refractivity contribution in [3.63, 3.8) is 0 Å². The van der Waals surface area contributed by atoms with E-state index in [1.807, 2.05) is 0 Å². The predicted octanol–water partition coefficient (Wildman–Crippen LogP) is -0.182. The molecule has 5 heavy (non-hydrogen) atoms. The van der Waals surface area contributed by atoms with Gasteiger partial charge in [0.1, 0.15) is 0 Å². The molecule has 0 aliphatic rings. The Morgan fingerprint density at radius 3 is 1.20 bits per heavy atom. The first-order valence-electron chi connectivity index (χ1n) is 0.408. The summed E-state index contributed by atoms with van der Waals surface area (Å²) in [5, 5.41) is 0. The summed E-state index contributed by atoms with van der Waals surface area (Å²) in [7, 11) is 0. The van der Waals surface area contributed by atoms with Crippen molar-refractivity contribution in [2.75, 3.05) is 0 Å². The average molecular weight is 352 g/mol. The van der Waals surface area contributed by atoms with Gasteiger partial charge >= 0.3 is 25.7 Å². The quantitative estimate of drug-likeness (QED) is 0.448. The molecule has 0 aromatic carbocycles. The maximum absolute atomic E-state index is 8.50. The van der Waals surface area contributed by atoms with Crippen molar-refractivity contribution in [3.8, 4) is 0 Å². The fraction of sp³-hybridized carbons (Fsp3) is 0. The summed E-state index contributed by atoms with van der Waals surface area (Å²) in [6, 6.07) is 0. The van der Waals surface area contributed by atoms with Crippen molar-refractivity contribution < 1.29 is 56.9 Å². The van der Waals surface area contributed by atoms with Crippen LogP contribution in [0.1, 0.15) is 0 Å². The van der Waals surface area contributed by atoms with E-state index >= 15 is 0 Å². The Balaban J connectivity index is -0.0000000200. The molecule has 0 aliphatic carbocycles. The number of rotatable bonds is 0. The smallest absolute Gasteiger partial charge is 0 e. The molecule has 0 aromatic heterocycles. The van der Waals surface area contributed by atoms with Crippen LogP contribution in [-0.4, -0.2) is 0 Å². The van der Waals surface area contributed by atoms with Gasteiger partial charge in [0, 0.05) is 31.1 Å². The molecule has 1 unspecified atom stereocenters. The van der Waals surface area contributed by atoms with Crippen LogP contribution in [0.2, 0.25) is 0 Å². The largest absolute Gasteiger partial charge is 0 e. The van der Waals surface area contributed by atoms with Gasteiger partial charge in [0.15, 0.2) is 0 Å². The van der Waals surface area contributed by atoms with Gasteiger partial charge in [-0.2, -0.15) is 9.90 Å². The third-order valence-corrected chi connectivity index (χ3v) is 0. The summed E-state index contributed by atoms with van der Waals surface area (Å²) < 4.78 is 17.0. The Kier molecular flexibility index (Phi) is 54.0. The summed E-state index contributed by atoms with van der Waals surface area (Å²) in [6.45, 7) is 0. The molecule has 0 fully saturated rings. The van der Waals surface area contributed by atoms with Crippen molar-refractivity contribution >= 4 is 9.90 Å². The molecule has 0 heterocycles. The van der Waals surface area contributed by atoms with Crippen molar-refractivity contribution in [2.45, 2.75) is 0 Å². The average Bonchev–Trinajstić information content (AvgIpc) is 0.918. The van der Waals surface area contributed by atoms with E-state index in [2.05, 4.69) is 0 Å². The van der Waals surface area contributed by atoms with Crippen molar-refractivity contribution in [1.29, 1.82) is 0 Å². The maximum atomic E-state index is 8.50. The van der Waals surface area contributed by atoms with Gasteiger partial charge in [0.05, 0.1) is 0 Å². The van der Waals surface area contributed by atoms with Crippen LogP contribution in [0.15, 0.2) is 0 Å². The minimum absolute atomic E-state index is 0. The minimum Gasteiger partial charge on any atom is 0 e. The van der Waals surface area contributed by atoms with Crippen molar-refractivity contribution in [2.24, 2.45) is 0 Å². The molecule has 0 rings (SSSR count). The molecule has 0 spiro atoms. The van der Waals surface area contributed by atoms with E-state index in [-0.39, 0.29) is 41.0 Å². The summed E-state index contributed by atoms with van der Waals surface area (Å²) in [4.78, 5) is 0. The number of hydrogen-bond acceptors (Lipinski definition) is 2. The molecule has 0 radical (unpaired) electrons. The summed E-state index contributed by atoms with van der Waals surface area (Å²) in [5.74, 6) is 0. The van der Waals surface area contributed by atoms with Gasteiger partial charge < -0.3 is 0 Å². The van der Waals surface area contributed by atoms with Crippen LogP contribution < -0.4 is 0 Å². The van der Waals surface area contributed by atoms with Gasteiger partial charge in [-0.05, 0) is 0 Å². The summed E-state index contributed by atoms with van der Waals surface area (Å²) >= 11 is -2.00. The van der Waals surface area contributed by atoms with Crippen LogP contribution in [0.3, 0.4) is 0 Å². The molecule has 0 bridgehead atoms. The molecular formula is H3O2PTiU. The van der Waals surface area contributed by atoms with Gasteiger partial charge in [0.25, 0.3) is 0 Å². The normalized spacial score (nSPS) is 1.60. The predicted molar refractivity (Wildman–Crippen MR) is 12.5 cm³/mol. The van der Waals surface area contributed by atoms with E-state index in [9.17, 15) is 0 Å². The second-order valence-electron chi connectivity index (χ2n) is 0.0833. The monoisotopic (exact) mass is 352 g/mol. The topological polar surface area (TPSA) is 34.1 Å². The van der Waals surface area contributed by atoms with Gasteiger partial charge in [-0.3, -0.25) is 0 Å². The molecule has 0 saturated heterocycles. The molecule has 5 heteroatoms. The minimum atomic E-state index is -2.00. The zero-order valence-electron chi connectivity index (χ0n) is 2.52. The first-order valence-corrected chi connectivity index (χ1v) is 1.68. The molecule has 1 atom stereocenters. The van der Waals surface area contributed by atoms with Crippen LogP contribution in [0, 0.1) is 31.1 Å². The van der Waals surface area contributed by atoms with E-state index in [1.54, 1.807) is 0 Å². The molecular weight excluding hydrogens is 349 g/mol. The maximum Gasteiger partial charge on any atom is 0 e. The van der Waals surface area contributed by atoms with Crippen molar-refractivity contribution in [3.05, 3.63) is 0 Å². The van der Waals surface area contributed by atoms with Crippen LogP contribution in [0.25, 0.3) is 0 Å². The Labute approximate surface area is 66.0 Å². The SMILES string of the molecule is P.[O]=[Ti]=[O].[U]. The number of hydrogen-bond donors (Lipinski definition) is 0. The first-order chi connectivity index (χ1) is 1.41. The summed E-state index contributed by atoms with van der Waals surface area (Å²) in [5.41, 5.74) is 0. The van der Waals surface area contributed by atoms with Gasteiger partial charge in [0.2, 0.25) is 0 Å². The van der Waals surface area contributed by atoms with E-state index in [0.29, 0.717) is 0 Å². The molecule has 0 aromatic rings. The zero-order valence-corrected chi connectivity index (χ0v) is 9.66. The third kappa shape index (κ3) is 25.9. The molecule has 0 N–H and O–H groups in total. The fourth-order valence-electron chi connectivity index (χ4n) is 0. The second-order valence-corrected chi connectivity index (χ2v) is 0.344. The zero-order chi connectivity index (χ0) is 2.71. The Bertz CT molecular complexity index is 30.6. The van der Waals surface area contributed by atoms with Crippen molar-refractivity contribution in [1.82, 2.24) is 0 Å². The van der Waals surface area contributed by atoms with Gasteiger partial charge in [-0.15, -0.1) is 0 Å². The van der Waals surface area contributed by atoms with E-state index < -0.39 is 19.1 Å². The summed E-state index contributed by atoms with van der Waals surface area (Å²) in [6.07, 6.45) is 0. The molecule has 28 valence electrons. The Morgan fingerprint density at radius 2 is 1.20 bits per heavy atom. The molecule has 0 saturated carbocycles. The van der Waals surface area contributed by atoms with Crippen LogP contribution in [-0.2, 0) is 25.7 Å². The van der Waals surface area contributed by atoms with Gasteiger partial charge in [-0.25, -0.2) is 0 Å². The van der Waals surface area contributed by atoms with E-state index in [1.165, 1.54) is 0 Å². The first kappa shape index (κ1) is 15.8. The van der Waals surface area contributed by atoms with E-state index in [4.69, 9.17) is 6.65 Å². The molecule has 2 nitrogen and oxygen atoms in total. The Hall–Kier alpha value is 1.80. The molecule has 0 aliphatic heterocycles. The standard InChI is InChI=1S/2O.H3P.Ti.U/h;;1H3;;. The van der Waals surface area contributed by atoms with Gasteiger partial charge in [-0.1, -0.05) is 0 Å². The fourth-order valence-corrected chi connectivity index (χ4v) is 0. The van der Waals surface area contributed by atoms with Crippen LogP contribution in [0.4, 0.5) is 0 Å². The van der Waals surface area contributed by atoms with Crippen LogP contribution >= 0.6 is 9.90 Å². The second kappa shape index (κ2) is 17.1. The van der Waals surface area contributed by atoms with Crippen LogP contribution in [0.5, 0.6) is 0 Å². The van der Waals surface area contributed by atoms with E-state index in [0.717, 1.165) is 0 Å². The third-order valence-electron chi connectivity index (χ3n) is 0.